The van der Waals surface area contributed by atoms with E-state index in [9.17, 15) is 4.79 Å². The number of benzene rings is 1. The molecule has 0 saturated heterocycles. The first-order valence-corrected chi connectivity index (χ1v) is 7.60. The molecule has 3 heteroatoms. The third-order valence-electron chi connectivity index (χ3n) is 4.58. The summed E-state index contributed by atoms with van der Waals surface area (Å²) < 4.78 is 0. The fourth-order valence-electron chi connectivity index (χ4n) is 3.07. The van der Waals surface area contributed by atoms with Crippen LogP contribution >= 0.6 is 0 Å². The highest BCUT2D eigenvalue weighted by molar-refractivity contribution is 5.76. The van der Waals surface area contributed by atoms with Crippen molar-refractivity contribution in [2.75, 3.05) is 20.6 Å². The number of carbonyl (C=O) groups is 1. The van der Waals surface area contributed by atoms with Crippen molar-refractivity contribution in [3.05, 3.63) is 35.9 Å². The molecule has 0 radical (unpaired) electrons. The lowest BCUT2D eigenvalue weighted by molar-refractivity contribution is -0.121. The van der Waals surface area contributed by atoms with Crippen LogP contribution in [0, 0.1) is 0 Å². The van der Waals surface area contributed by atoms with Crippen LogP contribution in [0.5, 0.6) is 0 Å². The van der Waals surface area contributed by atoms with Crippen LogP contribution in [0.2, 0.25) is 0 Å². The lowest BCUT2D eigenvalue weighted by Crippen LogP contribution is -2.50. The molecule has 1 aliphatic rings. The molecule has 1 saturated carbocycles. The Morgan fingerprint density at radius 3 is 2.45 bits per heavy atom. The smallest absolute Gasteiger partial charge is 0.220 e. The predicted octanol–water partition coefficient (Wildman–Crippen LogP) is 2.61. The van der Waals surface area contributed by atoms with Gasteiger partial charge >= 0.3 is 0 Å². The van der Waals surface area contributed by atoms with Gasteiger partial charge in [0.2, 0.25) is 5.91 Å². The number of aryl methyl sites for hydroxylation is 1. The Labute approximate surface area is 122 Å². The van der Waals surface area contributed by atoms with Crippen molar-refractivity contribution in [2.45, 2.75) is 44.1 Å². The molecule has 0 unspecified atom stereocenters. The van der Waals surface area contributed by atoms with Crippen LogP contribution in [-0.2, 0) is 11.2 Å². The minimum absolute atomic E-state index is 0.168. The van der Waals surface area contributed by atoms with Gasteiger partial charge in [-0.25, -0.2) is 0 Å². The topological polar surface area (TPSA) is 32.3 Å². The van der Waals surface area contributed by atoms with E-state index < -0.39 is 0 Å². The molecule has 20 heavy (non-hydrogen) atoms. The highest BCUT2D eigenvalue weighted by Gasteiger charge is 2.35. The highest BCUT2D eigenvalue weighted by Crippen LogP contribution is 2.33. The molecule has 1 N–H and O–H groups in total. The summed E-state index contributed by atoms with van der Waals surface area (Å²) in [6, 6.07) is 10.2. The summed E-state index contributed by atoms with van der Waals surface area (Å²) in [5.41, 5.74) is 1.41. The number of nitrogens with one attached hydrogen (secondary N) is 1. The van der Waals surface area contributed by atoms with Crippen LogP contribution in [0.15, 0.2) is 30.3 Å². The SMILES string of the molecule is CN(C)C1(CNC(=O)CCc2ccccc2)CCCC1. The minimum atomic E-state index is 0.168. The first-order valence-electron chi connectivity index (χ1n) is 7.60. The zero-order chi connectivity index (χ0) is 14.4. The number of hydrogen-bond acceptors (Lipinski definition) is 2. The van der Waals surface area contributed by atoms with Crippen LogP contribution in [0.1, 0.15) is 37.7 Å². The van der Waals surface area contributed by atoms with E-state index in [4.69, 9.17) is 0 Å². The third kappa shape index (κ3) is 3.83. The molecule has 0 aliphatic heterocycles. The quantitative estimate of drug-likeness (QED) is 0.865. The largest absolute Gasteiger partial charge is 0.354 e. The summed E-state index contributed by atoms with van der Waals surface area (Å²) in [5.74, 6) is 0.168. The van der Waals surface area contributed by atoms with E-state index in [0.29, 0.717) is 6.42 Å². The number of hydrogen-bond donors (Lipinski definition) is 1. The van der Waals surface area contributed by atoms with E-state index in [1.807, 2.05) is 18.2 Å². The molecule has 2 rings (SSSR count). The Hall–Kier alpha value is -1.35. The van der Waals surface area contributed by atoms with Crippen LogP contribution in [0.25, 0.3) is 0 Å². The molecule has 0 heterocycles. The van der Waals surface area contributed by atoms with Crippen molar-refractivity contribution < 1.29 is 4.79 Å². The fourth-order valence-corrected chi connectivity index (χ4v) is 3.07. The summed E-state index contributed by atoms with van der Waals surface area (Å²) in [5, 5.41) is 3.14. The summed E-state index contributed by atoms with van der Waals surface area (Å²) in [6.07, 6.45) is 6.34. The zero-order valence-electron chi connectivity index (χ0n) is 12.7. The average molecular weight is 274 g/mol. The predicted molar refractivity (Wildman–Crippen MR) is 82.7 cm³/mol. The van der Waals surface area contributed by atoms with Crippen molar-refractivity contribution in [3.8, 4) is 0 Å². The second kappa shape index (κ2) is 6.89. The fraction of sp³-hybridized carbons (Fsp3) is 0.588. The van der Waals surface area contributed by atoms with Crippen molar-refractivity contribution in [1.82, 2.24) is 10.2 Å². The molecule has 0 bridgehead atoms. The molecule has 3 nitrogen and oxygen atoms in total. The molecule has 1 amide bonds. The minimum Gasteiger partial charge on any atom is -0.354 e. The van der Waals surface area contributed by atoms with Gasteiger partial charge < -0.3 is 10.2 Å². The molecule has 1 fully saturated rings. The molecular weight excluding hydrogens is 248 g/mol. The van der Waals surface area contributed by atoms with E-state index in [1.54, 1.807) is 0 Å². The van der Waals surface area contributed by atoms with Gasteiger partial charge in [-0.05, 0) is 38.9 Å². The van der Waals surface area contributed by atoms with Crippen LogP contribution < -0.4 is 5.32 Å². The van der Waals surface area contributed by atoms with Crippen LogP contribution in [0.4, 0.5) is 0 Å². The van der Waals surface area contributed by atoms with Crippen LogP contribution in [-0.4, -0.2) is 37.0 Å². The molecule has 1 aliphatic carbocycles. The Morgan fingerprint density at radius 2 is 1.85 bits per heavy atom. The van der Waals surface area contributed by atoms with Gasteiger partial charge in [-0.1, -0.05) is 43.2 Å². The maximum Gasteiger partial charge on any atom is 0.220 e. The summed E-state index contributed by atoms with van der Waals surface area (Å²) in [4.78, 5) is 14.3. The maximum absolute atomic E-state index is 12.0. The molecule has 0 atom stereocenters. The van der Waals surface area contributed by atoms with Gasteiger partial charge in [-0.2, -0.15) is 0 Å². The standard InChI is InChI=1S/C17H26N2O/c1-19(2)17(12-6-7-13-17)14-18-16(20)11-10-15-8-4-3-5-9-15/h3-5,8-9H,6-7,10-14H2,1-2H3,(H,18,20). The summed E-state index contributed by atoms with van der Waals surface area (Å²) >= 11 is 0. The van der Waals surface area contributed by atoms with Gasteiger partial charge in [0.15, 0.2) is 0 Å². The van der Waals surface area contributed by atoms with Crippen molar-refractivity contribution in [1.29, 1.82) is 0 Å². The average Bonchev–Trinajstić information content (AvgIpc) is 2.94. The normalized spacial score (nSPS) is 17.4. The van der Waals surface area contributed by atoms with Gasteiger partial charge in [-0.3, -0.25) is 4.79 Å². The van der Waals surface area contributed by atoms with Gasteiger partial charge in [-0.15, -0.1) is 0 Å². The Bertz CT molecular complexity index is 422. The lowest BCUT2D eigenvalue weighted by atomic mass is 9.96. The van der Waals surface area contributed by atoms with E-state index in [-0.39, 0.29) is 11.4 Å². The van der Waals surface area contributed by atoms with E-state index in [2.05, 4.69) is 36.4 Å². The molecule has 1 aromatic carbocycles. The van der Waals surface area contributed by atoms with Crippen molar-refractivity contribution >= 4 is 5.91 Å². The Morgan fingerprint density at radius 1 is 1.20 bits per heavy atom. The first kappa shape index (κ1) is 15.0. The maximum atomic E-state index is 12.0. The lowest BCUT2D eigenvalue weighted by Gasteiger charge is -2.36. The molecule has 1 aromatic rings. The van der Waals surface area contributed by atoms with Gasteiger partial charge in [0.25, 0.3) is 0 Å². The third-order valence-corrected chi connectivity index (χ3v) is 4.58. The number of likely N-dealkylation sites (N-methyl/N-ethyl adjacent to an activating group) is 1. The number of amides is 1. The number of rotatable bonds is 6. The number of carbonyl (C=O) groups excluding carboxylic acids is 1. The first-order chi connectivity index (χ1) is 9.62. The van der Waals surface area contributed by atoms with E-state index >= 15 is 0 Å². The van der Waals surface area contributed by atoms with E-state index in [1.165, 1.54) is 31.2 Å². The summed E-state index contributed by atoms with van der Waals surface area (Å²) in [6.45, 7) is 0.785. The number of nitrogens with zero attached hydrogens (tertiary/aromatic N) is 1. The van der Waals surface area contributed by atoms with E-state index in [0.717, 1.165) is 13.0 Å². The second-order valence-electron chi connectivity index (χ2n) is 6.09. The van der Waals surface area contributed by atoms with Gasteiger partial charge in [0.05, 0.1) is 0 Å². The van der Waals surface area contributed by atoms with Crippen molar-refractivity contribution in [3.63, 3.8) is 0 Å². The van der Waals surface area contributed by atoms with Gasteiger partial charge in [0, 0.05) is 18.5 Å². The molecule has 110 valence electrons. The van der Waals surface area contributed by atoms with Crippen LogP contribution in [0.3, 0.4) is 0 Å². The zero-order valence-corrected chi connectivity index (χ0v) is 12.7. The van der Waals surface area contributed by atoms with Gasteiger partial charge in [0.1, 0.15) is 0 Å². The molecule has 0 spiro atoms. The second-order valence-corrected chi connectivity index (χ2v) is 6.09. The molecule has 0 aromatic heterocycles. The molecular formula is C17H26N2O. The Balaban J connectivity index is 1.77. The highest BCUT2D eigenvalue weighted by atomic mass is 16.1. The van der Waals surface area contributed by atoms with Crippen molar-refractivity contribution in [2.24, 2.45) is 0 Å². The monoisotopic (exact) mass is 274 g/mol. The summed E-state index contributed by atoms with van der Waals surface area (Å²) in [7, 11) is 4.25. The Kier molecular flexibility index (Phi) is 5.18.